The SMILES string of the molecule is COC(=O)[C@@H]1O[C@@H]2C[C@H]1[C@H]1OC(C)(C)O[C@H]12. The molecular weight excluding hydrogens is 212 g/mol. The first-order chi connectivity index (χ1) is 7.52. The molecule has 0 radical (unpaired) electrons. The molecule has 2 bridgehead atoms. The van der Waals surface area contributed by atoms with Crippen molar-refractivity contribution in [2.45, 2.75) is 50.5 Å². The van der Waals surface area contributed by atoms with Crippen LogP contribution < -0.4 is 0 Å². The Morgan fingerprint density at radius 2 is 2.00 bits per heavy atom. The van der Waals surface area contributed by atoms with Crippen LogP contribution in [0.15, 0.2) is 0 Å². The van der Waals surface area contributed by atoms with Crippen LogP contribution in [0.2, 0.25) is 0 Å². The van der Waals surface area contributed by atoms with E-state index in [1.165, 1.54) is 7.11 Å². The summed E-state index contributed by atoms with van der Waals surface area (Å²) in [6.45, 7) is 3.77. The highest BCUT2D eigenvalue weighted by molar-refractivity contribution is 5.75. The van der Waals surface area contributed by atoms with Gasteiger partial charge in [-0.1, -0.05) is 0 Å². The van der Waals surface area contributed by atoms with E-state index in [4.69, 9.17) is 18.9 Å². The van der Waals surface area contributed by atoms with Gasteiger partial charge in [0.15, 0.2) is 11.9 Å². The first-order valence-corrected chi connectivity index (χ1v) is 5.61. The smallest absolute Gasteiger partial charge is 0.335 e. The standard InChI is InChI=1S/C11H16O5/c1-11(2)15-7-5-4-6(9(7)16-11)14-8(5)10(12)13-3/h5-9H,4H2,1-3H3/t5-,6+,7+,8+,9-/m0/s1. The van der Waals surface area contributed by atoms with Gasteiger partial charge in [0.2, 0.25) is 0 Å². The van der Waals surface area contributed by atoms with Gasteiger partial charge in [0.25, 0.3) is 0 Å². The lowest BCUT2D eigenvalue weighted by Crippen LogP contribution is -2.44. The zero-order valence-corrected chi connectivity index (χ0v) is 9.64. The quantitative estimate of drug-likeness (QED) is 0.610. The molecule has 16 heavy (non-hydrogen) atoms. The van der Waals surface area contributed by atoms with Gasteiger partial charge in [-0.3, -0.25) is 0 Å². The largest absolute Gasteiger partial charge is 0.467 e. The second-order valence-corrected chi connectivity index (χ2v) is 5.08. The van der Waals surface area contributed by atoms with Crippen molar-refractivity contribution in [3.05, 3.63) is 0 Å². The van der Waals surface area contributed by atoms with Gasteiger partial charge in [-0.25, -0.2) is 4.79 Å². The van der Waals surface area contributed by atoms with Crippen LogP contribution in [0.1, 0.15) is 20.3 Å². The van der Waals surface area contributed by atoms with Crippen LogP contribution in [-0.4, -0.2) is 43.3 Å². The van der Waals surface area contributed by atoms with Gasteiger partial charge in [0, 0.05) is 5.92 Å². The van der Waals surface area contributed by atoms with Gasteiger partial charge < -0.3 is 18.9 Å². The predicted octanol–water partition coefficient (Wildman–Crippen LogP) is 0.467. The summed E-state index contributed by atoms with van der Waals surface area (Å²) in [6.07, 6.45) is 0.263. The molecular formula is C11H16O5. The number of methoxy groups -OCH3 is 1. The number of hydrogen-bond donors (Lipinski definition) is 0. The number of fused-ring (bicyclic) bond motifs is 5. The van der Waals surface area contributed by atoms with Crippen LogP contribution in [0.5, 0.6) is 0 Å². The molecule has 2 heterocycles. The second-order valence-electron chi connectivity index (χ2n) is 5.08. The maximum Gasteiger partial charge on any atom is 0.335 e. The molecule has 5 nitrogen and oxygen atoms in total. The molecule has 0 unspecified atom stereocenters. The Morgan fingerprint density at radius 1 is 1.31 bits per heavy atom. The molecule has 3 rings (SSSR count). The van der Waals surface area contributed by atoms with E-state index in [9.17, 15) is 4.79 Å². The lowest BCUT2D eigenvalue weighted by atomic mass is 9.98. The van der Waals surface area contributed by atoms with Crippen molar-refractivity contribution in [3.8, 4) is 0 Å². The van der Waals surface area contributed by atoms with E-state index in [0.717, 1.165) is 6.42 Å². The molecule has 1 aliphatic carbocycles. The maximum absolute atomic E-state index is 11.5. The van der Waals surface area contributed by atoms with E-state index in [1.807, 2.05) is 13.8 Å². The van der Waals surface area contributed by atoms with E-state index in [2.05, 4.69) is 0 Å². The third-order valence-electron chi connectivity index (χ3n) is 3.60. The topological polar surface area (TPSA) is 54.0 Å². The molecule has 3 fully saturated rings. The molecule has 0 aromatic rings. The van der Waals surface area contributed by atoms with Crippen molar-refractivity contribution in [1.29, 1.82) is 0 Å². The number of esters is 1. The van der Waals surface area contributed by atoms with E-state index < -0.39 is 11.9 Å². The van der Waals surface area contributed by atoms with Gasteiger partial charge >= 0.3 is 5.97 Å². The minimum atomic E-state index is -0.569. The van der Waals surface area contributed by atoms with Gasteiger partial charge in [0.05, 0.1) is 19.3 Å². The first-order valence-electron chi connectivity index (χ1n) is 5.61. The van der Waals surface area contributed by atoms with Crippen LogP contribution in [0, 0.1) is 5.92 Å². The molecule has 5 heteroatoms. The molecule has 0 N–H and O–H groups in total. The molecule has 2 saturated heterocycles. The Hall–Kier alpha value is -0.650. The predicted molar refractivity (Wildman–Crippen MR) is 52.6 cm³/mol. The molecule has 90 valence electrons. The fourth-order valence-electron chi connectivity index (χ4n) is 3.04. The summed E-state index contributed by atoms with van der Waals surface area (Å²) in [5.74, 6) is -0.802. The number of carbonyl (C=O) groups is 1. The number of carbonyl (C=O) groups excluding carboxylic acids is 1. The summed E-state index contributed by atoms with van der Waals surface area (Å²) in [6, 6.07) is 0. The van der Waals surface area contributed by atoms with E-state index in [-0.39, 0.29) is 30.2 Å². The van der Waals surface area contributed by atoms with Gasteiger partial charge in [0.1, 0.15) is 6.10 Å². The highest BCUT2D eigenvalue weighted by Gasteiger charge is 2.63. The molecule has 0 aromatic heterocycles. The summed E-state index contributed by atoms with van der Waals surface area (Å²) in [5, 5.41) is 0. The summed E-state index contributed by atoms with van der Waals surface area (Å²) < 4.78 is 22.0. The van der Waals surface area contributed by atoms with E-state index in [0.29, 0.717) is 0 Å². The van der Waals surface area contributed by atoms with Crippen molar-refractivity contribution < 1.29 is 23.7 Å². The van der Waals surface area contributed by atoms with E-state index >= 15 is 0 Å². The fraction of sp³-hybridized carbons (Fsp3) is 0.909. The van der Waals surface area contributed by atoms with Gasteiger partial charge in [-0.05, 0) is 20.3 Å². The Morgan fingerprint density at radius 3 is 2.69 bits per heavy atom. The van der Waals surface area contributed by atoms with Crippen molar-refractivity contribution >= 4 is 5.97 Å². The molecule has 5 atom stereocenters. The second kappa shape index (κ2) is 3.18. The Kier molecular flexibility index (Phi) is 2.09. The number of hydrogen-bond acceptors (Lipinski definition) is 5. The summed E-state index contributed by atoms with van der Waals surface area (Å²) in [7, 11) is 1.38. The molecule has 0 aromatic carbocycles. The minimum absolute atomic E-state index is 0.0269. The fourth-order valence-corrected chi connectivity index (χ4v) is 3.04. The zero-order valence-electron chi connectivity index (χ0n) is 9.64. The van der Waals surface area contributed by atoms with Crippen LogP contribution in [-0.2, 0) is 23.7 Å². The van der Waals surface area contributed by atoms with Crippen LogP contribution in [0.3, 0.4) is 0 Å². The minimum Gasteiger partial charge on any atom is -0.467 e. The zero-order chi connectivity index (χ0) is 11.5. The van der Waals surface area contributed by atoms with Crippen molar-refractivity contribution in [1.82, 2.24) is 0 Å². The average molecular weight is 228 g/mol. The van der Waals surface area contributed by atoms with Crippen LogP contribution >= 0.6 is 0 Å². The summed E-state index contributed by atoms with van der Waals surface area (Å²) >= 11 is 0. The van der Waals surface area contributed by atoms with Crippen molar-refractivity contribution in [2.75, 3.05) is 7.11 Å². The van der Waals surface area contributed by atoms with Crippen LogP contribution in [0.25, 0.3) is 0 Å². The summed E-state index contributed by atoms with van der Waals surface area (Å²) in [4.78, 5) is 11.5. The average Bonchev–Trinajstić information content (AvgIpc) is 2.83. The Bertz CT molecular complexity index is 326. The number of rotatable bonds is 1. The number of ether oxygens (including phenoxy) is 4. The van der Waals surface area contributed by atoms with Crippen molar-refractivity contribution in [2.24, 2.45) is 5.92 Å². The Labute approximate surface area is 94.0 Å². The van der Waals surface area contributed by atoms with Gasteiger partial charge in [-0.2, -0.15) is 0 Å². The maximum atomic E-state index is 11.5. The highest BCUT2D eigenvalue weighted by atomic mass is 16.8. The monoisotopic (exact) mass is 228 g/mol. The third kappa shape index (κ3) is 1.31. The Balaban J connectivity index is 1.80. The van der Waals surface area contributed by atoms with Crippen molar-refractivity contribution in [3.63, 3.8) is 0 Å². The molecule has 1 saturated carbocycles. The van der Waals surface area contributed by atoms with E-state index in [1.54, 1.807) is 0 Å². The van der Waals surface area contributed by atoms with Gasteiger partial charge in [-0.15, -0.1) is 0 Å². The molecule has 0 spiro atoms. The normalized spacial score (nSPS) is 48.1. The lowest BCUT2D eigenvalue weighted by Gasteiger charge is -2.27. The molecule has 0 amide bonds. The lowest BCUT2D eigenvalue weighted by molar-refractivity contribution is -0.165. The molecule has 2 aliphatic heterocycles. The summed E-state index contributed by atoms with van der Waals surface area (Å²) in [5.41, 5.74) is 0. The highest BCUT2D eigenvalue weighted by Crippen LogP contribution is 2.49. The molecule has 3 aliphatic rings. The first kappa shape index (κ1) is 10.5. The van der Waals surface area contributed by atoms with Crippen LogP contribution in [0.4, 0.5) is 0 Å². The third-order valence-corrected chi connectivity index (χ3v) is 3.60.